The van der Waals surface area contributed by atoms with Gasteiger partial charge in [0.25, 0.3) is 5.91 Å². The molecule has 84 valence electrons. The Morgan fingerprint density at radius 3 is 3.06 bits per heavy atom. The van der Waals surface area contributed by atoms with Crippen molar-refractivity contribution in [3.63, 3.8) is 0 Å². The minimum atomic E-state index is -0.371. The van der Waals surface area contributed by atoms with E-state index >= 15 is 0 Å². The lowest BCUT2D eigenvalue weighted by molar-refractivity contribution is -0.122. The Hall–Kier alpha value is -2.22. The Labute approximate surface area is 93.3 Å². The number of aromatic hydroxyl groups is 1. The van der Waals surface area contributed by atoms with Crippen LogP contribution in [0.3, 0.4) is 0 Å². The van der Waals surface area contributed by atoms with E-state index in [4.69, 9.17) is 10.00 Å². The Kier molecular flexibility index (Phi) is 4.16. The SMILES string of the molecule is Cc1c(O)cccc1OCC(=O)NCC#N. The molecule has 0 aliphatic heterocycles. The van der Waals surface area contributed by atoms with Gasteiger partial charge in [-0.1, -0.05) is 6.07 Å². The Bertz CT molecular complexity index is 424. The van der Waals surface area contributed by atoms with E-state index in [0.717, 1.165) is 0 Å². The van der Waals surface area contributed by atoms with Crippen LogP contribution in [-0.2, 0) is 4.79 Å². The minimum Gasteiger partial charge on any atom is -0.508 e. The summed E-state index contributed by atoms with van der Waals surface area (Å²) in [6.07, 6.45) is 0. The van der Waals surface area contributed by atoms with E-state index in [-0.39, 0.29) is 24.8 Å². The van der Waals surface area contributed by atoms with Gasteiger partial charge in [-0.3, -0.25) is 4.79 Å². The number of phenols is 1. The quantitative estimate of drug-likeness (QED) is 0.732. The monoisotopic (exact) mass is 220 g/mol. The molecule has 5 nitrogen and oxygen atoms in total. The summed E-state index contributed by atoms with van der Waals surface area (Å²) in [7, 11) is 0. The van der Waals surface area contributed by atoms with Crippen LogP contribution < -0.4 is 10.1 Å². The number of phenolic OH excluding ortho intramolecular Hbond substituents is 1. The highest BCUT2D eigenvalue weighted by molar-refractivity contribution is 5.77. The van der Waals surface area contributed by atoms with Crippen LogP contribution in [0.25, 0.3) is 0 Å². The molecular formula is C11H12N2O3. The molecule has 0 atom stereocenters. The first-order valence-corrected chi connectivity index (χ1v) is 4.70. The normalized spacial score (nSPS) is 9.25. The van der Waals surface area contributed by atoms with Gasteiger partial charge in [-0.25, -0.2) is 0 Å². The lowest BCUT2D eigenvalue weighted by atomic mass is 10.2. The van der Waals surface area contributed by atoms with Gasteiger partial charge < -0.3 is 15.2 Å². The molecule has 0 aromatic heterocycles. The van der Waals surface area contributed by atoms with Crippen LogP contribution in [0.2, 0.25) is 0 Å². The molecule has 1 amide bonds. The van der Waals surface area contributed by atoms with E-state index in [1.807, 2.05) is 0 Å². The fourth-order valence-corrected chi connectivity index (χ4v) is 1.09. The predicted molar refractivity (Wildman–Crippen MR) is 57.0 cm³/mol. The Balaban J connectivity index is 2.52. The van der Waals surface area contributed by atoms with Crippen LogP contribution in [0.5, 0.6) is 11.5 Å². The van der Waals surface area contributed by atoms with Crippen molar-refractivity contribution in [2.75, 3.05) is 13.2 Å². The van der Waals surface area contributed by atoms with E-state index < -0.39 is 0 Å². The summed E-state index contributed by atoms with van der Waals surface area (Å²) < 4.78 is 5.19. The molecule has 5 heteroatoms. The first kappa shape index (κ1) is 11.9. The molecule has 1 aromatic rings. The summed E-state index contributed by atoms with van der Waals surface area (Å²) in [6.45, 7) is 1.48. The predicted octanol–water partition coefficient (Wildman–Crippen LogP) is 0.719. The van der Waals surface area contributed by atoms with Crippen molar-refractivity contribution in [2.24, 2.45) is 0 Å². The topological polar surface area (TPSA) is 82.3 Å². The minimum absolute atomic E-state index is 0.0405. The van der Waals surface area contributed by atoms with Crippen LogP contribution in [0, 0.1) is 18.3 Å². The van der Waals surface area contributed by atoms with Gasteiger partial charge in [-0.05, 0) is 19.1 Å². The highest BCUT2D eigenvalue weighted by Gasteiger charge is 2.06. The van der Waals surface area contributed by atoms with E-state index in [1.165, 1.54) is 6.07 Å². The summed E-state index contributed by atoms with van der Waals surface area (Å²) in [4.78, 5) is 11.1. The number of hydrogen-bond donors (Lipinski definition) is 2. The summed E-state index contributed by atoms with van der Waals surface area (Å²) in [5.41, 5.74) is 0.579. The molecular weight excluding hydrogens is 208 g/mol. The Morgan fingerprint density at radius 1 is 1.62 bits per heavy atom. The number of benzene rings is 1. The maximum Gasteiger partial charge on any atom is 0.258 e. The molecule has 0 saturated carbocycles. The van der Waals surface area contributed by atoms with Gasteiger partial charge in [-0.2, -0.15) is 5.26 Å². The molecule has 1 aromatic carbocycles. The zero-order valence-corrected chi connectivity index (χ0v) is 8.86. The molecule has 0 aliphatic carbocycles. The second kappa shape index (κ2) is 5.61. The fraction of sp³-hybridized carbons (Fsp3) is 0.273. The first-order chi connectivity index (χ1) is 7.65. The highest BCUT2D eigenvalue weighted by Crippen LogP contribution is 2.25. The maximum absolute atomic E-state index is 11.1. The van der Waals surface area contributed by atoms with Crippen molar-refractivity contribution in [3.05, 3.63) is 23.8 Å². The molecule has 1 rings (SSSR count). The molecule has 0 aliphatic rings. The molecule has 0 spiro atoms. The number of amides is 1. The zero-order valence-electron chi connectivity index (χ0n) is 8.86. The van der Waals surface area contributed by atoms with Gasteiger partial charge in [0.1, 0.15) is 18.0 Å². The number of ether oxygens (including phenoxy) is 1. The highest BCUT2D eigenvalue weighted by atomic mass is 16.5. The van der Waals surface area contributed by atoms with Gasteiger partial charge in [-0.15, -0.1) is 0 Å². The number of carbonyl (C=O) groups excluding carboxylic acids is 1. The van der Waals surface area contributed by atoms with Gasteiger partial charge in [0, 0.05) is 5.56 Å². The molecule has 0 unspecified atom stereocenters. The zero-order chi connectivity index (χ0) is 12.0. The van der Waals surface area contributed by atoms with Crippen LogP contribution in [0.4, 0.5) is 0 Å². The van der Waals surface area contributed by atoms with Gasteiger partial charge in [0.15, 0.2) is 6.61 Å². The van der Waals surface area contributed by atoms with E-state index in [2.05, 4.69) is 5.32 Å². The average Bonchev–Trinajstić information content (AvgIpc) is 2.28. The lowest BCUT2D eigenvalue weighted by Crippen LogP contribution is -2.29. The number of rotatable bonds is 4. The molecule has 0 saturated heterocycles. The van der Waals surface area contributed by atoms with Crippen LogP contribution in [0.15, 0.2) is 18.2 Å². The first-order valence-electron chi connectivity index (χ1n) is 4.70. The third kappa shape index (κ3) is 3.17. The molecule has 0 heterocycles. The standard InChI is InChI=1S/C11H12N2O3/c1-8-9(14)3-2-4-10(8)16-7-11(15)13-6-5-12/h2-4,14H,6-7H2,1H3,(H,13,15). The maximum atomic E-state index is 11.1. The van der Waals surface area contributed by atoms with Crippen molar-refractivity contribution < 1.29 is 14.6 Å². The van der Waals surface area contributed by atoms with E-state index in [0.29, 0.717) is 11.3 Å². The van der Waals surface area contributed by atoms with Gasteiger partial charge >= 0.3 is 0 Å². The van der Waals surface area contributed by atoms with Crippen molar-refractivity contribution in [1.82, 2.24) is 5.32 Å². The summed E-state index contributed by atoms with van der Waals surface area (Å²) >= 11 is 0. The van der Waals surface area contributed by atoms with Crippen molar-refractivity contribution >= 4 is 5.91 Å². The van der Waals surface area contributed by atoms with Gasteiger partial charge in [0.2, 0.25) is 0 Å². The molecule has 0 bridgehead atoms. The molecule has 0 fully saturated rings. The third-order valence-corrected chi connectivity index (χ3v) is 1.98. The summed E-state index contributed by atoms with van der Waals surface area (Å²) in [5.74, 6) is 0.200. The number of carbonyl (C=O) groups is 1. The lowest BCUT2D eigenvalue weighted by Gasteiger charge is -2.09. The average molecular weight is 220 g/mol. The fourth-order valence-electron chi connectivity index (χ4n) is 1.09. The number of nitrogens with one attached hydrogen (secondary N) is 1. The molecule has 0 radical (unpaired) electrons. The van der Waals surface area contributed by atoms with Gasteiger partial charge in [0.05, 0.1) is 6.07 Å². The number of nitrogens with zero attached hydrogens (tertiary/aromatic N) is 1. The van der Waals surface area contributed by atoms with Crippen LogP contribution in [-0.4, -0.2) is 24.2 Å². The largest absolute Gasteiger partial charge is 0.508 e. The molecule has 2 N–H and O–H groups in total. The summed E-state index contributed by atoms with van der Waals surface area (Å²) in [6, 6.07) is 6.62. The van der Waals surface area contributed by atoms with Crippen molar-refractivity contribution in [1.29, 1.82) is 5.26 Å². The number of nitriles is 1. The van der Waals surface area contributed by atoms with Crippen LogP contribution in [0.1, 0.15) is 5.56 Å². The van der Waals surface area contributed by atoms with Crippen molar-refractivity contribution in [3.8, 4) is 17.6 Å². The Morgan fingerprint density at radius 2 is 2.38 bits per heavy atom. The van der Waals surface area contributed by atoms with E-state index in [9.17, 15) is 9.90 Å². The smallest absolute Gasteiger partial charge is 0.258 e. The second-order valence-corrected chi connectivity index (χ2v) is 3.12. The third-order valence-electron chi connectivity index (χ3n) is 1.98. The molecule has 16 heavy (non-hydrogen) atoms. The number of hydrogen-bond acceptors (Lipinski definition) is 4. The van der Waals surface area contributed by atoms with Crippen LogP contribution >= 0.6 is 0 Å². The summed E-state index contributed by atoms with van der Waals surface area (Å²) in [5, 5.41) is 20.0. The van der Waals surface area contributed by atoms with E-state index in [1.54, 1.807) is 25.1 Å². The second-order valence-electron chi connectivity index (χ2n) is 3.12. The van der Waals surface area contributed by atoms with Crippen molar-refractivity contribution in [2.45, 2.75) is 6.92 Å².